The van der Waals surface area contributed by atoms with Crippen LogP contribution in [0.4, 0.5) is 10.1 Å². The summed E-state index contributed by atoms with van der Waals surface area (Å²) in [5.41, 5.74) is 1.75. The van der Waals surface area contributed by atoms with Crippen LogP contribution in [0.15, 0.2) is 54.6 Å². The molecule has 25 heavy (non-hydrogen) atoms. The molecule has 1 fully saturated rings. The molecule has 0 aliphatic carbocycles. The van der Waals surface area contributed by atoms with Crippen LogP contribution in [0.25, 0.3) is 0 Å². The fraction of sp³-hybridized carbons (Fsp3) is 0.350. The zero-order valence-electron chi connectivity index (χ0n) is 14.1. The first-order chi connectivity index (χ1) is 12.2. The Bertz CT molecular complexity index is 693. The van der Waals surface area contributed by atoms with E-state index in [1.807, 2.05) is 18.2 Å². The molecule has 5 heteroatoms. The number of anilines is 1. The van der Waals surface area contributed by atoms with Crippen molar-refractivity contribution in [3.05, 3.63) is 66.0 Å². The minimum atomic E-state index is -0.324. The second kappa shape index (κ2) is 8.62. The molecule has 2 atom stereocenters. The number of hydrogen-bond donors (Lipinski definition) is 2. The topological polar surface area (TPSA) is 50.4 Å². The van der Waals surface area contributed by atoms with Crippen molar-refractivity contribution in [3.8, 4) is 0 Å². The van der Waals surface area contributed by atoms with Crippen molar-refractivity contribution >= 4 is 11.6 Å². The average Bonchev–Trinajstić information content (AvgIpc) is 2.66. The van der Waals surface area contributed by atoms with E-state index in [-0.39, 0.29) is 30.3 Å². The van der Waals surface area contributed by atoms with Gasteiger partial charge in [0, 0.05) is 24.8 Å². The van der Waals surface area contributed by atoms with Crippen molar-refractivity contribution in [2.24, 2.45) is 5.92 Å². The highest BCUT2D eigenvalue weighted by Gasteiger charge is 2.27. The Kier molecular flexibility index (Phi) is 6.01. The van der Waals surface area contributed by atoms with Crippen LogP contribution in [-0.4, -0.2) is 25.6 Å². The Labute approximate surface area is 147 Å². The summed E-state index contributed by atoms with van der Waals surface area (Å²) in [4.78, 5) is 12.1. The Morgan fingerprint density at radius 2 is 2.00 bits per heavy atom. The molecule has 0 bridgehead atoms. The molecule has 0 radical (unpaired) electrons. The maximum absolute atomic E-state index is 13.1. The van der Waals surface area contributed by atoms with Gasteiger partial charge in [0.25, 0.3) is 0 Å². The first kappa shape index (κ1) is 17.4. The number of rotatable bonds is 6. The summed E-state index contributed by atoms with van der Waals surface area (Å²) in [5, 5.41) is 5.89. The van der Waals surface area contributed by atoms with Gasteiger partial charge in [-0.2, -0.15) is 0 Å². The van der Waals surface area contributed by atoms with Gasteiger partial charge in [-0.3, -0.25) is 4.79 Å². The molecule has 1 aliphatic heterocycles. The first-order valence-electron chi connectivity index (χ1n) is 8.65. The van der Waals surface area contributed by atoms with Crippen LogP contribution in [0, 0.1) is 11.7 Å². The third-order valence-corrected chi connectivity index (χ3v) is 4.41. The number of amides is 1. The van der Waals surface area contributed by atoms with E-state index in [0.29, 0.717) is 12.2 Å². The summed E-state index contributed by atoms with van der Waals surface area (Å²) in [6, 6.07) is 16.2. The minimum absolute atomic E-state index is 0.0198. The highest BCUT2D eigenvalue weighted by molar-refractivity contribution is 5.80. The molecular weight excluding hydrogens is 319 g/mol. The predicted octanol–water partition coefficient (Wildman–Crippen LogP) is 3.52. The van der Waals surface area contributed by atoms with Gasteiger partial charge in [-0.1, -0.05) is 36.4 Å². The van der Waals surface area contributed by atoms with Crippen LogP contribution in [0.5, 0.6) is 0 Å². The molecule has 1 saturated heterocycles. The standard InChI is InChI=1S/C20H23FN2O2/c21-17-9-4-10-18(12-17)22-14-19(24)23-13-16-8-5-11-25-20(16)15-6-2-1-3-7-15/h1-4,6-7,9-10,12,16,20,22H,5,8,11,13-14H2,(H,23,24). The number of nitrogens with one attached hydrogen (secondary N) is 2. The van der Waals surface area contributed by atoms with Gasteiger partial charge in [-0.05, 0) is 36.6 Å². The Morgan fingerprint density at radius 1 is 1.16 bits per heavy atom. The molecule has 2 N–H and O–H groups in total. The fourth-order valence-electron chi connectivity index (χ4n) is 3.15. The Morgan fingerprint density at radius 3 is 2.80 bits per heavy atom. The van der Waals surface area contributed by atoms with E-state index in [1.54, 1.807) is 12.1 Å². The summed E-state index contributed by atoms with van der Waals surface area (Å²) >= 11 is 0. The van der Waals surface area contributed by atoms with E-state index in [4.69, 9.17) is 4.74 Å². The lowest BCUT2D eigenvalue weighted by Crippen LogP contribution is -2.37. The van der Waals surface area contributed by atoms with Crippen LogP contribution < -0.4 is 10.6 Å². The molecule has 2 aromatic rings. The SMILES string of the molecule is O=C(CNc1cccc(F)c1)NCC1CCCOC1c1ccccc1. The van der Waals surface area contributed by atoms with Crippen LogP contribution in [0.3, 0.4) is 0 Å². The third kappa shape index (κ3) is 5.03. The largest absolute Gasteiger partial charge is 0.376 e. The number of carbonyl (C=O) groups is 1. The molecule has 2 unspecified atom stereocenters. The monoisotopic (exact) mass is 342 g/mol. The van der Waals surface area contributed by atoms with Gasteiger partial charge in [0.1, 0.15) is 5.82 Å². The molecule has 0 spiro atoms. The van der Waals surface area contributed by atoms with E-state index in [1.165, 1.54) is 12.1 Å². The highest BCUT2D eigenvalue weighted by atomic mass is 19.1. The normalized spacial score (nSPS) is 20.0. The average molecular weight is 342 g/mol. The molecule has 1 heterocycles. The molecular formula is C20H23FN2O2. The molecule has 1 aliphatic rings. The molecule has 2 aromatic carbocycles. The molecule has 1 amide bonds. The van der Waals surface area contributed by atoms with Gasteiger partial charge in [0.05, 0.1) is 12.6 Å². The molecule has 3 rings (SSSR count). The van der Waals surface area contributed by atoms with Crippen LogP contribution in [0.2, 0.25) is 0 Å². The zero-order chi connectivity index (χ0) is 17.5. The predicted molar refractivity (Wildman–Crippen MR) is 95.8 cm³/mol. The van der Waals surface area contributed by atoms with E-state index in [2.05, 4.69) is 22.8 Å². The van der Waals surface area contributed by atoms with Gasteiger partial charge in [0.2, 0.25) is 5.91 Å². The Hall–Kier alpha value is -2.40. The van der Waals surface area contributed by atoms with Crippen molar-refractivity contribution in [2.45, 2.75) is 18.9 Å². The van der Waals surface area contributed by atoms with Crippen molar-refractivity contribution in [1.29, 1.82) is 0 Å². The quantitative estimate of drug-likeness (QED) is 0.844. The summed E-state index contributed by atoms with van der Waals surface area (Å²) in [6.07, 6.45) is 2.05. The van der Waals surface area contributed by atoms with E-state index in [0.717, 1.165) is 25.0 Å². The number of benzene rings is 2. The number of halogens is 1. The van der Waals surface area contributed by atoms with Crippen LogP contribution >= 0.6 is 0 Å². The summed E-state index contributed by atoms with van der Waals surface area (Å²) in [5.74, 6) is -0.175. The Balaban J connectivity index is 1.50. The fourth-order valence-corrected chi connectivity index (χ4v) is 3.15. The second-order valence-corrected chi connectivity index (χ2v) is 6.27. The first-order valence-corrected chi connectivity index (χ1v) is 8.65. The van der Waals surface area contributed by atoms with Gasteiger partial charge in [0.15, 0.2) is 0 Å². The summed E-state index contributed by atoms with van der Waals surface area (Å²) < 4.78 is 19.1. The highest BCUT2D eigenvalue weighted by Crippen LogP contribution is 2.32. The minimum Gasteiger partial charge on any atom is -0.376 e. The zero-order valence-corrected chi connectivity index (χ0v) is 14.1. The van der Waals surface area contributed by atoms with Crippen molar-refractivity contribution in [1.82, 2.24) is 5.32 Å². The van der Waals surface area contributed by atoms with Gasteiger partial charge < -0.3 is 15.4 Å². The van der Waals surface area contributed by atoms with Crippen molar-refractivity contribution < 1.29 is 13.9 Å². The van der Waals surface area contributed by atoms with Crippen LogP contribution in [0.1, 0.15) is 24.5 Å². The van der Waals surface area contributed by atoms with Crippen LogP contribution in [-0.2, 0) is 9.53 Å². The maximum atomic E-state index is 13.1. The van der Waals surface area contributed by atoms with E-state index in [9.17, 15) is 9.18 Å². The number of hydrogen-bond acceptors (Lipinski definition) is 3. The molecule has 0 saturated carbocycles. The molecule has 132 valence electrons. The van der Waals surface area contributed by atoms with E-state index < -0.39 is 0 Å². The van der Waals surface area contributed by atoms with Crippen molar-refractivity contribution in [3.63, 3.8) is 0 Å². The lowest BCUT2D eigenvalue weighted by atomic mass is 9.89. The second-order valence-electron chi connectivity index (χ2n) is 6.27. The lowest BCUT2D eigenvalue weighted by Gasteiger charge is -2.32. The number of ether oxygens (including phenoxy) is 1. The summed E-state index contributed by atoms with van der Waals surface area (Å²) in [6.45, 7) is 1.45. The smallest absolute Gasteiger partial charge is 0.239 e. The molecule has 4 nitrogen and oxygen atoms in total. The third-order valence-electron chi connectivity index (χ3n) is 4.41. The van der Waals surface area contributed by atoms with E-state index >= 15 is 0 Å². The number of carbonyl (C=O) groups excluding carboxylic acids is 1. The van der Waals surface area contributed by atoms with Gasteiger partial charge in [-0.15, -0.1) is 0 Å². The van der Waals surface area contributed by atoms with Gasteiger partial charge in [-0.25, -0.2) is 4.39 Å². The van der Waals surface area contributed by atoms with Gasteiger partial charge >= 0.3 is 0 Å². The maximum Gasteiger partial charge on any atom is 0.239 e. The van der Waals surface area contributed by atoms with Crippen molar-refractivity contribution in [2.75, 3.05) is 25.0 Å². The molecule has 0 aromatic heterocycles. The lowest BCUT2D eigenvalue weighted by molar-refractivity contribution is -0.120. The summed E-state index contributed by atoms with van der Waals surface area (Å²) in [7, 11) is 0.